The van der Waals surface area contributed by atoms with Crippen LogP contribution in [-0.2, 0) is 11.4 Å². The van der Waals surface area contributed by atoms with Crippen molar-refractivity contribution in [2.45, 2.75) is 20.5 Å². The molecule has 35 heavy (non-hydrogen) atoms. The van der Waals surface area contributed by atoms with Crippen molar-refractivity contribution in [1.29, 1.82) is 0 Å². The average Bonchev–Trinajstić information content (AvgIpc) is 3.22. The van der Waals surface area contributed by atoms with E-state index in [0.717, 1.165) is 31.7 Å². The Labute approximate surface area is 217 Å². The molecule has 4 rings (SSSR count). The molecule has 4 aromatic rings. The van der Waals surface area contributed by atoms with Crippen molar-refractivity contribution >= 4 is 44.4 Å². The van der Waals surface area contributed by atoms with Crippen molar-refractivity contribution in [2.75, 3.05) is 12.4 Å². The number of hydrogen-bond acceptors (Lipinski definition) is 5. The average molecular weight is 549 g/mol. The number of nitrogens with one attached hydrogen (secondary N) is 1. The minimum absolute atomic E-state index is 0.256. The zero-order valence-electron chi connectivity index (χ0n) is 19.7. The highest BCUT2D eigenvalue weighted by Crippen LogP contribution is 2.37. The summed E-state index contributed by atoms with van der Waals surface area (Å²) in [6, 6.07) is 21.8. The highest BCUT2D eigenvalue weighted by atomic mass is 79.9. The van der Waals surface area contributed by atoms with Gasteiger partial charge in [0.1, 0.15) is 6.61 Å². The molecule has 0 spiro atoms. The van der Waals surface area contributed by atoms with Gasteiger partial charge in [0, 0.05) is 16.5 Å². The van der Waals surface area contributed by atoms with Gasteiger partial charge in [-0.1, -0.05) is 60.2 Å². The summed E-state index contributed by atoms with van der Waals surface area (Å²) in [6.45, 7) is 4.48. The van der Waals surface area contributed by atoms with Crippen LogP contribution in [0.15, 0.2) is 77.3 Å². The molecule has 0 atom stereocenters. The number of nitrogens with zero attached hydrogens (tertiary/aromatic N) is 1. The number of rotatable bonds is 8. The van der Waals surface area contributed by atoms with Crippen molar-refractivity contribution in [1.82, 2.24) is 4.98 Å². The Bertz CT molecular complexity index is 1350. The third kappa shape index (κ3) is 6.38. The maximum absolute atomic E-state index is 12.6. The summed E-state index contributed by atoms with van der Waals surface area (Å²) in [5.41, 5.74) is 4.97. The van der Waals surface area contributed by atoms with Crippen molar-refractivity contribution in [2.24, 2.45) is 0 Å². The molecule has 178 valence electrons. The summed E-state index contributed by atoms with van der Waals surface area (Å²) < 4.78 is 12.2. The van der Waals surface area contributed by atoms with E-state index in [2.05, 4.69) is 45.3 Å². The van der Waals surface area contributed by atoms with Crippen LogP contribution in [0, 0.1) is 13.8 Å². The first-order valence-electron chi connectivity index (χ1n) is 11.0. The molecule has 7 heteroatoms. The lowest BCUT2D eigenvalue weighted by Gasteiger charge is -2.13. The van der Waals surface area contributed by atoms with E-state index in [4.69, 9.17) is 9.47 Å². The number of aromatic nitrogens is 1. The van der Waals surface area contributed by atoms with Gasteiger partial charge in [0.25, 0.3) is 0 Å². The van der Waals surface area contributed by atoms with Crippen LogP contribution in [-0.4, -0.2) is 18.0 Å². The Morgan fingerprint density at radius 2 is 1.83 bits per heavy atom. The summed E-state index contributed by atoms with van der Waals surface area (Å²) in [5, 5.41) is 3.43. The fraction of sp³-hybridized carbons (Fsp3) is 0.143. The van der Waals surface area contributed by atoms with Crippen LogP contribution in [0.5, 0.6) is 11.5 Å². The molecular weight excluding hydrogens is 524 g/mol. The number of ether oxygens (including phenoxy) is 2. The molecule has 1 heterocycles. The van der Waals surface area contributed by atoms with Gasteiger partial charge in [0.15, 0.2) is 16.6 Å². The molecule has 1 amide bonds. The Morgan fingerprint density at radius 3 is 2.54 bits per heavy atom. The monoisotopic (exact) mass is 548 g/mol. The van der Waals surface area contributed by atoms with E-state index in [0.29, 0.717) is 23.2 Å². The number of thiazole rings is 1. The first-order chi connectivity index (χ1) is 16.9. The number of aryl methyl sites for hydroxylation is 2. The van der Waals surface area contributed by atoms with Gasteiger partial charge in [0.2, 0.25) is 5.91 Å². The van der Waals surface area contributed by atoms with Gasteiger partial charge < -0.3 is 9.47 Å². The number of carbonyl (C=O) groups is 1. The van der Waals surface area contributed by atoms with Crippen LogP contribution in [0.4, 0.5) is 5.13 Å². The summed E-state index contributed by atoms with van der Waals surface area (Å²) in [4.78, 5) is 18.2. The van der Waals surface area contributed by atoms with Gasteiger partial charge in [-0.3, -0.25) is 10.1 Å². The van der Waals surface area contributed by atoms with Crippen molar-refractivity contribution in [3.05, 3.63) is 98.8 Å². The Morgan fingerprint density at radius 1 is 1.09 bits per heavy atom. The van der Waals surface area contributed by atoms with Crippen LogP contribution in [0.1, 0.15) is 21.6 Å². The van der Waals surface area contributed by atoms with E-state index >= 15 is 0 Å². The predicted molar refractivity (Wildman–Crippen MR) is 146 cm³/mol. The second kappa shape index (κ2) is 11.3. The fourth-order valence-electron chi connectivity index (χ4n) is 3.45. The van der Waals surface area contributed by atoms with Crippen molar-refractivity contribution in [3.63, 3.8) is 0 Å². The molecular formula is C28H25BrN2O3S. The lowest BCUT2D eigenvalue weighted by Crippen LogP contribution is -2.07. The van der Waals surface area contributed by atoms with E-state index in [1.807, 2.05) is 61.5 Å². The fourth-order valence-corrected chi connectivity index (χ4v) is 4.87. The molecule has 1 aromatic heterocycles. The molecule has 0 fully saturated rings. The molecule has 0 unspecified atom stereocenters. The van der Waals surface area contributed by atoms with Crippen LogP contribution < -0.4 is 14.8 Å². The third-order valence-electron chi connectivity index (χ3n) is 5.26. The molecule has 0 aliphatic carbocycles. The second-order valence-corrected chi connectivity index (χ2v) is 9.98. The topological polar surface area (TPSA) is 60.5 Å². The van der Waals surface area contributed by atoms with Crippen molar-refractivity contribution < 1.29 is 14.3 Å². The summed E-state index contributed by atoms with van der Waals surface area (Å²) >= 11 is 5.02. The second-order valence-electron chi connectivity index (χ2n) is 7.92. The van der Waals surface area contributed by atoms with Crippen LogP contribution in [0.2, 0.25) is 0 Å². The number of amides is 1. The number of benzene rings is 3. The summed E-state index contributed by atoms with van der Waals surface area (Å²) in [7, 11) is 1.59. The van der Waals surface area contributed by atoms with Gasteiger partial charge in [-0.05, 0) is 59.1 Å². The molecule has 0 radical (unpaired) electrons. The number of halogens is 1. The standard InChI is InChI=1S/C28H25BrN2O3S/c1-18-9-12-22(13-10-18)26-19(2)35-28(31-26)30-25(32)14-11-21-15-23(29)27(24(16-21)33-3)34-17-20-7-5-4-6-8-20/h4-16H,17H2,1-3H3,(H,30,31,32). The van der Waals surface area contributed by atoms with E-state index in [1.54, 1.807) is 13.2 Å². The normalized spacial score (nSPS) is 11.0. The minimum Gasteiger partial charge on any atom is -0.493 e. The van der Waals surface area contributed by atoms with E-state index in [9.17, 15) is 4.79 Å². The van der Waals surface area contributed by atoms with Gasteiger partial charge in [-0.2, -0.15) is 0 Å². The smallest absolute Gasteiger partial charge is 0.250 e. The van der Waals surface area contributed by atoms with Gasteiger partial charge in [-0.25, -0.2) is 4.98 Å². The highest BCUT2D eigenvalue weighted by Gasteiger charge is 2.13. The molecule has 3 aromatic carbocycles. The quantitative estimate of drug-likeness (QED) is 0.232. The number of carbonyl (C=O) groups excluding carboxylic acids is 1. The molecule has 0 aliphatic heterocycles. The molecule has 0 aliphatic rings. The lowest BCUT2D eigenvalue weighted by molar-refractivity contribution is -0.111. The van der Waals surface area contributed by atoms with E-state index < -0.39 is 0 Å². The molecule has 0 bridgehead atoms. The Balaban J connectivity index is 1.44. The van der Waals surface area contributed by atoms with Gasteiger partial charge in [0.05, 0.1) is 17.3 Å². The summed E-state index contributed by atoms with van der Waals surface area (Å²) in [6.07, 6.45) is 3.21. The zero-order chi connectivity index (χ0) is 24.8. The molecule has 5 nitrogen and oxygen atoms in total. The van der Waals surface area contributed by atoms with Crippen molar-refractivity contribution in [3.8, 4) is 22.8 Å². The van der Waals surface area contributed by atoms with E-state index in [1.165, 1.54) is 23.0 Å². The first-order valence-corrected chi connectivity index (χ1v) is 12.6. The maximum atomic E-state index is 12.6. The lowest BCUT2D eigenvalue weighted by atomic mass is 10.1. The van der Waals surface area contributed by atoms with Gasteiger partial charge >= 0.3 is 0 Å². The Kier molecular flexibility index (Phi) is 8.00. The zero-order valence-corrected chi connectivity index (χ0v) is 22.1. The van der Waals surface area contributed by atoms with E-state index in [-0.39, 0.29) is 5.91 Å². The predicted octanol–water partition coefficient (Wildman–Crippen LogP) is 7.43. The van der Waals surface area contributed by atoms with Gasteiger partial charge in [-0.15, -0.1) is 11.3 Å². The Hall–Kier alpha value is -3.42. The van der Waals surface area contributed by atoms with Crippen LogP contribution in [0.25, 0.3) is 17.3 Å². The van der Waals surface area contributed by atoms with Crippen LogP contribution in [0.3, 0.4) is 0 Å². The summed E-state index contributed by atoms with van der Waals surface area (Å²) in [5.74, 6) is 0.933. The number of hydrogen-bond donors (Lipinski definition) is 1. The third-order valence-corrected chi connectivity index (χ3v) is 6.73. The minimum atomic E-state index is -0.256. The SMILES string of the molecule is COc1cc(C=CC(=O)Nc2nc(-c3ccc(C)cc3)c(C)s2)cc(Br)c1OCc1ccccc1. The first kappa shape index (κ1) is 24.7. The number of methoxy groups -OCH3 is 1. The highest BCUT2D eigenvalue weighted by molar-refractivity contribution is 9.10. The molecule has 0 saturated carbocycles. The molecule has 1 N–H and O–H groups in total. The van der Waals surface area contributed by atoms with Crippen LogP contribution >= 0.6 is 27.3 Å². The number of anilines is 1. The molecule has 0 saturated heterocycles. The maximum Gasteiger partial charge on any atom is 0.250 e. The largest absolute Gasteiger partial charge is 0.493 e.